The van der Waals surface area contributed by atoms with Gasteiger partial charge >= 0.3 is 41.0 Å². The summed E-state index contributed by atoms with van der Waals surface area (Å²) in [4.78, 5) is 0. The summed E-state index contributed by atoms with van der Waals surface area (Å²) in [5.74, 6) is 0. The van der Waals surface area contributed by atoms with Crippen LogP contribution in [0.25, 0.3) is 22.9 Å². The minimum absolute atomic E-state index is 0.0972. The van der Waals surface area contributed by atoms with Gasteiger partial charge in [-0.15, -0.1) is 0 Å². The molecule has 0 N–H and O–H groups in total. The first kappa shape index (κ1) is 17.6. The molecule has 0 saturated carbocycles. The molecule has 0 fully saturated rings. The van der Waals surface area contributed by atoms with Crippen LogP contribution in [0.1, 0.15) is 25.0 Å². The number of benzene rings is 3. The summed E-state index contributed by atoms with van der Waals surface area (Å²) in [7, 11) is 0. The standard InChI is InChI=1S/C18H14.2C2H5.Zn/c1-2-7-15(8-3-1)13-14-17-11-6-10-16-9-4-5-12-18(16)17;2*1-2;/h1-14H;2*1H2,2H3;. The van der Waals surface area contributed by atoms with Gasteiger partial charge in [-0.1, -0.05) is 84.9 Å². The van der Waals surface area contributed by atoms with Crippen molar-refractivity contribution in [1.29, 1.82) is 0 Å². The first-order valence-electron chi connectivity index (χ1n) is 8.56. The van der Waals surface area contributed by atoms with Crippen LogP contribution in [-0.2, 0) is 17.1 Å². The second kappa shape index (κ2) is 10.1. The molecule has 0 saturated heterocycles. The van der Waals surface area contributed by atoms with Crippen molar-refractivity contribution in [2.24, 2.45) is 0 Å². The van der Waals surface area contributed by atoms with Crippen LogP contribution in [0.4, 0.5) is 0 Å². The first-order valence-corrected chi connectivity index (χ1v) is 12.8. The molecule has 3 aromatic rings. The van der Waals surface area contributed by atoms with Gasteiger partial charge in [-0.05, 0) is 21.9 Å². The van der Waals surface area contributed by atoms with Crippen molar-refractivity contribution < 1.29 is 17.1 Å². The normalized spacial score (nSPS) is 10.2. The van der Waals surface area contributed by atoms with E-state index in [1.165, 1.54) is 31.9 Å². The van der Waals surface area contributed by atoms with Crippen LogP contribution in [0.15, 0.2) is 72.8 Å². The Labute approximate surface area is 147 Å². The summed E-state index contributed by atoms with van der Waals surface area (Å²) >= 11 is 0.0972. The summed E-state index contributed by atoms with van der Waals surface area (Å²) in [6, 6.07) is 25.3. The number of fused-ring (bicyclic) bond motifs is 1. The van der Waals surface area contributed by atoms with Gasteiger partial charge in [0, 0.05) is 0 Å². The van der Waals surface area contributed by atoms with Crippen LogP contribution >= 0.6 is 0 Å². The SMILES string of the molecule is C(=Cc1cccc2ccccc12)c1ccccc1.C[CH2][Zn][CH2]C. The van der Waals surface area contributed by atoms with E-state index in [1.54, 1.807) is 0 Å². The van der Waals surface area contributed by atoms with Crippen LogP contribution in [0, 0.1) is 0 Å². The second-order valence-corrected chi connectivity index (χ2v) is 11.3. The molecular formula is C22H24Zn. The average molecular weight is 354 g/mol. The van der Waals surface area contributed by atoms with E-state index < -0.39 is 0 Å². The Hall–Kier alpha value is -1.72. The van der Waals surface area contributed by atoms with E-state index in [1.807, 2.05) is 6.07 Å². The fraction of sp³-hybridized carbons (Fsp3) is 0.182. The zero-order valence-corrected chi connectivity index (χ0v) is 17.2. The maximum absolute atomic E-state index is 2.30. The van der Waals surface area contributed by atoms with E-state index in [-0.39, 0.29) is 17.1 Å². The molecule has 0 spiro atoms. The van der Waals surface area contributed by atoms with E-state index in [0.717, 1.165) is 0 Å². The van der Waals surface area contributed by atoms with Gasteiger partial charge in [-0.3, -0.25) is 0 Å². The molecule has 0 nitrogen and oxygen atoms in total. The third-order valence-corrected chi connectivity index (χ3v) is 6.75. The van der Waals surface area contributed by atoms with E-state index in [2.05, 4.69) is 92.7 Å². The van der Waals surface area contributed by atoms with Crippen molar-refractivity contribution in [3.8, 4) is 0 Å². The predicted octanol–water partition coefficient (Wildman–Crippen LogP) is 6.96. The molecule has 0 heterocycles. The monoisotopic (exact) mass is 352 g/mol. The Kier molecular flexibility index (Phi) is 7.77. The number of rotatable bonds is 4. The summed E-state index contributed by atoms with van der Waals surface area (Å²) in [6.45, 7) is 4.59. The maximum atomic E-state index is 2.30. The topological polar surface area (TPSA) is 0 Å². The first-order chi connectivity index (χ1) is 11.3. The summed E-state index contributed by atoms with van der Waals surface area (Å²) in [5.41, 5.74) is 2.49. The summed E-state index contributed by atoms with van der Waals surface area (Å²) < 4.78 is 0. The molecule has 0 aliphatic carbocycles. The second-order valence-electron chi connectivity index (χ2n) is 5.67. The van der Waals surface area contributed by atoms with Gasteiger partial charge in [0.1, 0.15) is 0 Å². The average Bonchev–Trinajstić information content (AvgIpc) is 2.62. The fourth-order valence-electron chi connectivity index (χ4n) is 2.50. The molecule has 3 aromatic carbocycles. The van der Waals surface area contributed by atoms with Crippen LogP contribution < -0.4 is 0 Å². The van der Waals surface area contributed by atoms with Crippen LogP contribution in [-0.4, -0.2) is 0 Å². The van der Waals surface area contributed by atoms with Gasteiger partial charge in [0.2, 0.25) is 0 Å². The molecule has 23 heavy (non-hydrogen) atoms. The zero-order valence-electron chi connectivity index (χ0n) is 14.2. The van der Waals surface area contributed by atoms with E-state index in [0.29, 0.717) is 0 Å². The molecule has 114 valence electrons. The molecule has 1 heteroatoms. The van der Waals surface area contributed by atoms with Crippen molar-refractivity contribution in [3.05, 3.63) is 83.9 Å². The van der Waals surface area contributed by atoms with Gasteiger partial charge < -0.3 is 0 Å². The number of hydrogen-bond acceptors (Lipinski definition) is 0. The third-order valence-electron chi connectivity index (χ3n) is 3.79. The Morgan fingerprint density at radius 2 is 1.35 bits per heavy atom. The van der Waals surface area contributed by atoms with E-state index in [4.69, 9.17) is 0 Å². The Morgan fingerprint density at radius 3 is 2.04 bits per heavy atom. The third kappa shape index (κ3) is 5.77. The van der Waals surface area contributed by atoms with Crippen molar-refractivity contribution in [1.82, 2.24) is 0 Å². The van der Waals surface area contributed by atoms with Crippen LogP contribution in [0.3, 0.4) is 0 Å². The van der Waals surface area contributed by atoms with Gasteiger partial charge in [-0.25, -0.2) is 0 Å². The van der Waals surface area contributed by atoms with Crippen molar-refractivity contribution in [2.45, 2.75) is 23.9 Å². The Balaban J connectivity index is 0.000000338. The predicted molar refractivity (Wildman–Crippen MR) is 100 cm³/mol. The quantitative estimate of drug-likeness (QED) is 0.351. The van der Waals surface area contributed by atoms with E-state index in [9.17, 15) is 0 Å². The Morgan fingerprint density at radius 1 is 0.696 bits per heavy atom. The van der Waals surface area contributed by atoms with Crippen molar-refractivity contribution in [2.75, 3.05) is 0 Å². The van der Waals surface area contributed by atoms with Gasteiger partial charge in [0.15, 0.2) is 0 Å². The van der Waals surface area contributed by atoms with E-state index >= 15 is 0 Å². The molecule has 0 aromatic heterocycles. The summed E-state index contributed by atoms with van der Waals surface area (Å²) in [5, 5.41) is 5.65. The minimum atomic E-state index is 0.0972. The van der Waals surface area contributed by atoms with Crippen LogP contribution in [0.5, 0.6) is 0 Å². The molecule has 3 rings (SSSR count). The molecule has 0 aliphatic rings. The van der Waals surface area contributed by atoms with Crippen LogP contribution in [0.2, 0.25) is 10.0 Å². The van der Waals surface area contributed by atoms with Crippen molar-refractivity contribution in [3.63, 3.8) is 0 Å². The molecule has 0 amide bonds. The van der Waals surface area contributed by atoms with Gasteiger partial charge in [0.25, 0.3) is 0 Å². The molecule has 0 atom stereocenters. The van der Waals surface area contributed by atoms with Gasteiger partial charge in [-0.2, -0.15) is 0 Å². The molecule has 0 bridgehead atoms. The molecule has 0 aliphatic heterocycles. The fourth-order valence-corrected chi connectivity index (χ4v) is 3.98. The molecule has 0 radical (unpaired) electrons. The van der Waals surface area contributed by atoms with Crippen molar-refractivity contribution >= 4 is 22.9 Å². The molecular weight excluding hydrogens is 330 g/mol. The number of hydrogen-bond donors (Lipinski definition) is 0. The Bertz CT molecular complexity index is 722. The zero-order chi connectivity index (χ0) is 16.3. The summed E-state index contributed by atoms with van der Waals surface area (Å²) in [6.07, 6.45) is 4.33. The van der Waals surface area contributed by atoms with Gasteiger partial charge in [0.05, 0.1) is 0 Å². The molecule has 0 unspecified atom stereocenters.